The van der Waals surface area contributed by atoms with Crippen molar-refractivity contribution < 1.29 is 0 Å². The molecule has 0 spiro atoms. The molecule has 1 rings (SSSR count). The third-order valence-corrected chi connectivity index (χ3v) is 3.14. The number of imidazole rings is 1. The Morgan fingerprint density at radius 2 is 2.47 bits per heavy atom. The Morgan fingerprint density at radius 1 is 1.73 bits per heavy atom. The number of thioether (sulfide) groups is 1. The number of hydrogen-bond donors (Lipinski definition) is 1. The van der Waals surface area contributed by atoms with Crippen molar-refractivity contribution in [2.24, 2.45) is 0 Å². The zero-order chi connectivity index (χ0) is 11.3. The van der Waals surface area contributed by atoms with Gasteiger partial charge in [0.25, 0.3) is 0 Å². The molecule has 15 heavy (non-hydrogen) atoms. The molecule has 1 aromatic rings. The normalized spacial score (nSPS) is 12.5. The molecule has 0 radical (unpaired) electrons. The standard InChI is InChI=1S/C11H19N3S/c1-5-6-14-8-9(2)13-11(14)12-7-10(3)15-4/h5,8,10H,1,6-7H2,2-4H3,(H,12,13). The second-order valence-electron chi connectivity index (χ2n) is 3.57. The summed E-state index contributed by atoms with van der Waals surface area (Å²) < 4.78 is 2.08. The van der Waals surface area contributed by atoms with Crippen molar-refractivity contribution >= 4 is 17.7 Å². The average molecular weight is 225 g/mol. The van der Waals surface area contributed by atoms with Crippen LogP contribution in [-0.4, -0.2) is 27.6 Å². The predicted octanol–water partition coefficient (Wildman–Crippen LogP) is 2.54. The van der Waals surface area contributed by atoms with Gasteiger partial charge in [-0.25, -0.2) is 4.98 Å². The van der Waals surface area contributed by atoms with Gasteiger partial charge in [0.2, 0.25) is 5.95 Å². The molecule has 84 valence electrons. The van der Waals surface area contributed by atoms with Crippen LogP contribution in [0, 0.1) is 6.92 Å². The van der Waals surface area contributed by atoms with Gasteiger partial charge in [0.1, 0.15) is 0 Å². The molecule has 4 heteroatoms. The van der Waals surface area contributed by atoms with E-state index in [-0.39, 0.29) is 0 Å². The molecule has 1 heterocycles. The lowest BCUT2D eigenvalue weighted by atomic mass is 10.5. The van der Waals surface area contributed by atoms with Crippen molar-refractivity contribution in [3.05, 3.63) is 24.5 Å². The van der Waals surface area contributed by atoms with E-state index in [4.69, 9.17) is 0 Å². The van der Waals surface area contributed by atoms with Gasteiger partial charge in [0, 0.05) is 24.5 Å². The Kier molecular flexibility index (Phi) is 4.75. The fourth-order valence-corrected chi connectivity index (χ4v) is 1.53. The van der Waals surface area contributed by atoms with E-state index in [0.717, 1.165) is 24.7 Å². The summed E-state index contributed by atoms with van der Waals surface area (Å²) in [5, 5.41) is 3.95. The topological polar surface area (TPSA) is 29.9 Å². The summed E-state index contributed by atoms with van der Waals surface area (Å²) in [5.74, 6) is 0.938. The van der Waals surface area contributed by atoms with Crippen LogP contribution in [0.2, 0.25) is 0 Å². The van der Waals surface area contributed by atoms with Crippen LogP contribution in [0.3, 0.4) is 0 Å². The number of nitrogens with zero attached hydrogens (tertiary/aromatic N) is 2. The van der Waals surface area contributed by atoms with Crippen molar-refractivity contribution in [1.82, 2.24) is 9.55 Å². The maximum Gasteiger partial charge on any atom is 0.203 e. The van der Waals surface area contributed by atoms with Gasteiger partial charge in [-0.2, -0.15) is 11.8 Å². The number of anilines is 1. The lowest BCUT2D eigenvalue weighted by Gasteiger charge is -2.11. The number of allylic oxidation sites excluding steroid dienone is 1. The largest absolute Gasteiger partial charge is 0.355 e. The molecule has 0 bridgehead atoms. The molecule has 1 atom stereocenters. The Balaban J connectivity index is 2.62. The van der Waals surface area contributed by atoms with Gasteiger partial charge in [-0.15, -0.1) is 6.58 Å². The lowest BCUT2D eigenvalue weighted by molar-refractivity contribution is 0.816. The smallest absolute Gasteiger partial charge is 0.203 e. The van der Waals surface area contributed by atoms with Gasteiger partial charge < -0.3 is 9.88 Å². The van der Waals surface area contributed by atoms with Crippen LogP contribution in [0.4, 0.5) is 5.95 Å². The van der Waals surface area contributed by atoms with Crippen LogP contribution in [0.25, 0.3) is 0 Å². The van der Waals surface area contributed by atoms with Crippen molar-refractivity contribution in [3.8, 4) is 0 Å². The quantitative estimate of drug-likeness (QED) is 0.755. The van der Waals surface area contributed by atoms with Crippen molar-refractivity contribution in [2.75, 3.05) is 18.1 Å². The molecule has 0 aliphatic rings. The Hall–Kier alpha value is -0.900. The van der Waals surface area contributed by atoms with Crippen LogP contribution in [0.1, 0.15) is 12.6 Å². The van der Waals surface area contributed by atoms with E-state index in [1.807, 2.05) is 31.0 Å². The van der Waals surface area contributed by atoms with E-state index in [2.05, 4.69) is 34.6 Å². The first-order valence-electron chi connectivity index (χ1n) is 5.08. The van der Waals surface area contributed by atoms with Crippen molar-refractivity contribution in [1.29, 1.82) is 0 Å². The molecule has 0 aliphatic heterocycles. The van der Waals surface area contributed by atoms with Crippen LogP contribution < -0.4 is 5.32 Å². The van der Waals surface area contributed by atoms with Crippen molar-refractivity contribution in [2.45, 2.75) is 25.6 Å². The van der Waals surface area contributed by atoms with Gasteiger partial charge in [-0.05, 0) is 13.2 Å². The molecule has 0 saturated heterocycles. The molecule has 3 nitrogen and oxygen atoms in total. The molecule has 0 fully saturated rings. The summed E-state index contributed by atoms with van der Waals surface area (Å²) in [6.45, 7) is 9.68. The number of nitrogens with one attached hydrogen (secondary N) is 1. The summed E-state index contributed by atoms with van der Waals surface area (Å²) in [6.07, 6.45) is 6.03. The number of aryl methyl sites for hydroxylation is 1. The first-order chi connectivity index (χ1) is 7.17. The lowest BCUT2D eigenvalue weighted by Crippen LogP contribution is -2.15. The van der Waals surface area contributed by atoms with E-state index in [1.165, 1.54) is 0 Å². The molecule has 0 aromatic carbocycles. The van der Waals surface area contributed by atoms with Crippen LogP contribution in [0.5, 0.6) is 0 Å². The van der Waals surface area contributed by atoms with E-state index in [9.17, 15) is 0 Å². The number of rotatable bonds is 6. The van der Waals surface area contributed by atoms with E-state index in [0.29, 0.717) is 5.25 Å². The second-order valence-corrected chi connectivity index (χ2v) is 4.85. The first-order valence-corrected chi connectivity index (χ1v) is 6.37. The third-order valence-electron chi connectivity index (χ3n) is 2.17. The molecule has 1 aromatic heterocycles. The minimum atomic E-state index is 0.596. The first kappa shape index (κ1) is 12.2. The maximum atomic E-state index is 4.43. The fourth-order valence-electron chi connectivity index (χ4n) is 1.28. The van der Waals surface area contributed by atoms with E-state index in [1.54, 1.807) is 0 Å². The summed E-state index contributed by atoms with van der Waals surface area (Å²) >= 11 is 1.85. The molecular weight excluding hydrogens is 206 g/mol. The van der Waals surface area contributed by atoms with Gasteiger partial charge in [-0.1, -0.05) is 13.0 Å². The van der Waals surface area contributed by atoms with E-state index >= 15 is 0 Å². The van der Waals surface area contributed by atoms with Gasteiger partial charge in [0.05, 0.1) is 5.69 Å². The van der Waals surface area contributed by atoms with Gasteiger partial charge in [-0.3, -0.25) is 0 Å². The predicted molar refractivity (Wildman–Crippen MR) is 68.6 cm³/mol. The highest BCUT2D eigenvalue weighted by molar-refractivity contribution is 7.99. The molecule has 1 N–H and O–H groups in total. The second kappa shape index (κ2) is 5.85. The summed E-state index contributed by atoms with van der Waals surface area (Å²) in [6, 6.07) is 0. The minimum Gasteiger partial charge on any atom is -0.355 e. The molecule has 1 unspecified atom stereocenters. The monoisotopic (exact) mass is 225 g/mol. The fraction of sp³-hybridized carbons (Fsp3) is 0.545. The van der Waals surface area contributed by atoms with Crippen molar-refractivity contribution in [3.63, 3.8) is 0 Å². The maximum absolute atomic E-state index is 4.43. The van der Waals surface area contributed by atoms with Crippen LogP contribution >= 0.6 is 11.8 Å². The highest BCUT2D eigenvalue weighted by atomic mass is 32.2. The summed E-state index contributed by atoms with van der Waals surface area (Å²) in [7, 11) is 0. The number of aromatic nitrogens is 2. The van der Waals surface area contributed by atoms with E-state index < -0.39 is 0 Å². The Labute approximate surface area is 96.0 Å². The highest BCUT2D eigenvalue weighted by Gasteiger charge is 2.05. The number of hydrogen-bond acceptors (Lipinski definition) is 3. The summed E-state index contributed by atoms with van der Waals surface area (Å²) in [5.41, 5.74) is 1.04. The zero-order valence-electron chi connectivity index (χ0n) is 9.66. The van der Waals surface area contributed by atoms with Gasteiger partial charge >= 0.3 is 0 Å². The summed E-state index contributed by atoms with van der Waals surface area (Å²) in [4.78, 5) is 4.43. The third kappa shape index (κ3) is 3.63. The van der Waals surface area contributed by atoms with Crippen LogP contribution in [0.15, 0.2) is 18.9 Å². The molecule has 0 aliphatic carbocycles. The van der Waals surface area contributed by atoms with Crippen LogP contribution in [-0.2, 0) is 6.54 Å². The zero-order valence-corrected chi connectivity index (χ0v) is 10.5. The average Bonchev–Trinajstić information content (AvgIpc) is 2.56. The molecular formula is C11H19N3S. The highest BCUT2D eigenvalue weighted by Crippen LogP contribution is 2.11. The Morgan fingerprint density at radius 3 is 3.07 bits per heavy atom. The SMILES string of the molecule is C=CCn1cc(C)nc1NCC(C)SC. The molecule has 0 saturated carbocycles. The minimum absolute atomic E-state index is 0.596. The van der Waals surface area contributed by atoms with Gasteiger partial charge in [0.15, 0.2) is 0 Å². The Bertz CT molecular complexity index is 320. The molecule has 0 amide bonds.